The van der Waals surface area contributed by atoms with Crippen molar-refractivity contribution in [2.45, 2.75) is 58.9 Å². The SMILES string of the molecule is CC(=O)OC[C@@H]1COC(C)(C)N1C(=O)OC(C)(C)C. The van der Waals surface area contributed by atoms with Crippen molar-refractivity contribution in [3.8, 4) is 0 Å². The van der Waals surface area contributed by atoms with E-state index in [1.54, 1.807) is 34.6 Å². The number of amides is 1. The van der Waals surface area contributed by atoms with E-state index in [-0.39, 0.29) is 18.6 Å². The maximum absolute atomic E-state index is 12.2. The van der Waals surface area contributed by atoms with Gasteiger partial charge in [-0.2, -0.15) is 0 Å². The molecule has 0 spiro atoms. The third-order valence-corrected chi connectivity index (χ3v) is 2.64. The fourth-order valence-corrected chi connectivity index (χ4v) is 1.90. The lowest BCUT2D eigenvalue weighted by Gasteiger charge is -2.34. The van der Waals surface area contributed by atoms with Crippen LogP contribution >= 0.6 is 0 Å². The lowest BCUT2D eigenvalue weighted by Crippen LogP contribution is -2.51. The zero-order chi connectivity index (χ0) is 14.8. The summed E-state index contributed by atoms with van der Waals surface area (Å²) >= 11 is 0. The van der Waals surface area contributed by atoms with Gasteiger partial charge in [0.25, 0.3) is 0 Å². The Hall–Kier alpha value is -1.30. The number of hydrogen-bond acceptors (Lipinski definition) is 5. The van der Waals surface area contributed by atoms with Crippen LogP contribution in [0, 0.1) is 0 Å². The van der Waals surface area contributed by atoms with Gasteiger partial charge >= 0.3 is 12.1 Å². The molecule has 6 nitrogen and oxygen atoms in total. The summed E-state index contributed by atoms with van der Waals surface area (Å²) in [6, 6.07) is -0.325. The molecule has 0 aliphatic carbocycles. The molecule has 1 amide bonds. The Labute approximate surface area is 114 Å². The van der Waals surface area contributed by atoms with E-state index in [0.29, 0.717) is 6.61 Å². The first-order chi connectivity index (χ1) is 8.53. The number of hydrogen-bond donors (Lipinski definition) is 0. The average molecular weight is 273 g/mol. The van der Waals surface area contributed by atoms with Crippen LogP contribution in [0.15, 0.2) is 0 Å². The van der Waals surface area contributed by atoms with Crippen LogP contribution in [0.2, 0.25) is 0 Å². The Balaban J connectivity index is 2.78. The van der Waals surface area contributed by atoms with E-state index in [1.807, 2.05) is 0 Å². The molecule has 0 bridgehead atoms. The van der Waals surface area contributed by atoms with E-state index in [1.165, 1.54) is 11.8 Å². The Morgan fingerprint density at radius 1 is 1.37 bits per heavy atom. The Kier molecular flexibility index (Phi) is 4.45. The summed E-state index contributed by atoms with van der Waals surface area (Å²) in [5, 5.41) is 0. The third-order valence-electron chi connectivity index (χ3n) is 2.64. The standard InChI is InChI=1S/C13H23NO5/c1-9(15)17-7-10-8-18-13(5,6)14(10)11(16)19-12(2,3)4/h10H,7-8H2,1-6H3/t10-/m1/s1. The minimum absolute atomic E-state index is 0.109. The average Bonchev–Trinajstić information content (AvgIpc) is 2.47. The van der Waals surface area contributed by atoms with Crippen molar-refractivity contribution in [3.05, 3.63) is 0 Å². The topological polar surface area (TPSA) is 65.1 Å². The molecule has 1 saturated heterocycles. The van der Waals surface area contributed by atoms with Crippen molar-refractivity contribution in [3.63, 3.8) is 0 Å². The van der Waals surface area contributed by atoms with Crippen molar-refractivity contribution >= 4 is 12.1 Å². The van der Waals surface area contributed by atoms with Crippen molar-refractivity contribution in [2.75, 3.05) is 13.2 Å². The molecule has 110 valence electrons. The third kappa shape index (κ3) is 4.38. The zero-order valence-corrected chi connectivity index (χ0v) is 12.5. The van der Waals surface area contributed by atoms with Crippen LogP contribution in [0.3, 0.4) is 0 Å². The molecule has 0 aromatic rings. The van der Waals surface area contributed by atoms with Crippen LogP contribution in [0.25, 0.3) is 0 Å². The van der Waals surface area contributed by atoms with Crippen LogP contribution in [-0.2, 0) is 19.0 Å². The number of carbonyl (C=O) groups is 2. The van der Waals surface area contributed by atoms with Gasteiger partial charge in [0.15, 0.2) is 0 Å². The van der Waals surface area contributed by atoms with Crippen molar-refractivity contribution in [1.82, 2.24) is 4.90 Å². The second kappa shape index (κ2) is 5.36. The molecule has 0 saturated carbocycles. The summed E-state index contributed by atoms with van der Waals surface area (Å²) in [4.78, 5) is 24.6. The highest BCUT2D eigenvalue weighted by atomic mass is 16.6. The molecular formula is C13H23NO5. The molecule has 0 aromatic heterocycles. The van der Waals surface area contributed by atoms with Crippen molar-refractivity contribution in [2.24, 2.45) is 0 Å². The highest BCUT2D eigenvalue weighted by molar-refractivity contribution is 5.70. The van der Waals surface area contributed by atoms with E-state index >= 15 is 0 Å². The predicted octanol–water partition coefficient (Wildman–Crippen LogP) is 1.92. The van der Waals surface area contributed by atoms with Gasteiger partial charge in [-0.15, -0.1) is 0 Å². The quantitative estimate of drug-likeness (QED) is 0.719. The Morgan fingerprint density at radius 3 is 2.42 bits per heavy atom. The molecule has 1 heterocycles. The number of ether oxygens (including phenoxy) is 3. The lowest BCUT2D eigenvalue weighted by molar-refractivity contribution is -0.142. The summed E-state index contributed by atoms with van der Waals surface area (Å²) in [5.41, 5.74) is -1.35. The van der Waals surface area contributed by atoms with Gasteiger partial charge in [0, 0.05) is 6.92 Å². The molecule has 0 radical (unpaired) electrons. The van der Waals surface area contributed by atoms with Crippen LogP contribution < -0.4 is 0 Å². The smallest absolute Gasteiger partial charge is 0.413 e. The van der Waals surface area contributed by atoms with Crippen LogP contribution in [0.1, 0.15) is 41.5 Å². The minimum Gasteiger partial charge on any atom is -0.464 e. The van der Waals surface area contributed by atoms with Crippen molar-refractivity contribution < 1.29 is 23.8 Å². The highest BCUT2D eigenvalue weighted by Gasteiger charge is 2.46. The molecule has 1 rings (SSSR count). The highest BCUT2D eigenvalue weighted by Crippen LogP contribution is 2.29. The second-order valence-corrected chi connectivity index (χ2v) is 6.06. The largest absolute Gasteiger partial charge is 0.464 e. The van der Waals surface area contributed by atoms with E-state index < -0.39 is 17.4 Å². The molecule has 0 aromatic carbocycles. The maximum Gasteiger partial charge on any atom is 0.413 e. The van der Waals surface area contributed by atoms with Gasteiger partial charge in [0.05, 0.1) is 12.6 Å². The van der Waals surface area contributed by atoms with Gasteiger partial charge in [-0.05, 0) is 34.6 Å². The van der Waals surface area contributed by atoms with Crippen LogP contribution in [0.4, 0.5) is 4.79 Å². The molecule has 1 atom stereocenters. The molecule has 1 aliphatic rings. The molecule has 1 aliphatic heterocycles. The van der Waals surface area contributed by atoms with E-state index in [9.17, 15) is 9.59 Å². The van der Waals surface area contributed by atoms with Gasteiger partial charge in [-0.1, -0.05) is 0 Å². The monoisotopic (exact) mass is 273 g/mol. The first-order valence-electron chi connectivity index (χ1n) is 6.32. The maximum atomic E-state index is 12.2. The molecule has 0 unspecified atom stereocenters. The fourth-order valence-electron chi connectivity index (χ4n) is 1.90. The summed E-state index contributed by atoms with van der Waals surface area (Å²) in [5.74, 6) is -0.381. The summed E-state index contributed by atoms with van der Waals surface area (Å²) in [6.07, 6.45) is -0.466. The Morgan fingerprint density at radius 2 is 1.95 bits per heavy atom. The van der Waals surface area contributed by atoms with Gasteiger partial charge < -0.3 is 14.2 Å². The molecule has 0 N–H and O–H groups in total. The number of nitrogens with zero attached hydrogens (tertiary/aromatic N) is 1. The summed E-state index contributed by atoms with van der Waals surface area (Å²) in [7, 11) is 0. The Bertz CT molecular complexity index is 359. The molecule has 1 fully saturated rings. The van der Waals surface area contributed by atoms with E-state index in [2.05, 4.69) is 0 Å². The van der Waals surface area contributed by atoms with Crippen molar-refractivity contribution in [1.29, 1.82) is 0 Å². The minimum atomic E-state index is -0.771. The second-order valence-electron chi connectivity index (χ2n) is 6.06. The zero-order valence-electron chi connectivity index (χ0n) is 12.5. The first kappa shape index (κ1) is 15.8. The van der Waals surface area contributed by atoms with Gasteiger partial charge in [0.2, 0.25) is 0 Å². The first-order valence-corrected chi connectivity index (χ1v) is 6.32. The predicted molar refractivity (Wildman–Crippen MR) is 68.5 cm³/mol. The number of carbonyl (C=O) groups excluding carboxylic acids is 2. The van der Waals surface area contributed by atoms with Gasteiger partial charge in [-0.25, -0.2) is 4.79 Å². The lowest BCUT2D eigenvalue weighted by atomic mass is 10.2. The molecular weight excluding hydrogens is 250 g/mol. The summed E-state index contributed by atoms with van der Waals surface area (Å²) < 4.78 is 15.9. The van der Waals surface area contributed by atoms with Crippen LogP contribution in [0.5, 0.6) is 0 Å². The van der Waals surface area contributed by atoms with E-state index in [4.69, 9.17) is 14.2 Å². The number of rotatable bonds is 2. The number of esters is 1. The fraction of sp³-hybridized carbons (Fsp3) is 0.846. The van der Waals surface area contributed by atoms with Gasteiger partial charge in [-0.3, -0.25) is 9.69 Å². The summed E-state index contributed by atoms with van der Waals surface area (Å²) in [6.45, 7) is 10.7. The van der Waals surface area contributed by atoms with Gasteiger partial charge in [0.1, 0.15) is 17.9 Å². The van der Waals surface area contributed by atoms with E-state index in [0.717, 1.165) is 0 Å². The molecule has 6 heteroatoms. The van der Waals surface area contributed by atoms with Crippen LogP contribution in [-0.4, -0.2) is 47.5 Å². The molecule has 19 heavy (non-hydrogen) atoms. The normalized spacial score (nSPS) is 22.2.